The summed E-state index contributed by atoms with van der Waals surface area (Å²) in [4.78, 5) is 28.1. The lowest BCUT2D eigenvalue weighted by atomic mass is 9.96. The highest BCUT2D eigenvalue weighted by atomic mass is 19.1. The summed E-state index contributed by atoms with van der Waals surface area (Å²) in [6.45, 7) is 12.6. The molecular formula is C38H45FN2O3. The summed E-state index contributed by atoms with van der Waals surface area (Å²) >= 11 is 0. The first-order valence-electron chi connectivity index (χ1n) is 15.4. The van der Waals surface area contributed by atoms with Gasteiger partial charge in [-0.15, -0.1) is 0 Å². The van der Waals surface area contributed by atoms with Crippen LogP contribution in [0.3, 0.4) is 0 Å². The monoisotopic (exact) mass is 596 g/mol. The number of rotatable bonds is 7. The molecule has 0 radical (unpaired) electrons. The molecule has 5 rings (SSSR count). The Morgan fingerprint density at radius 1 is 0.955 bits per heavy atom. The molecule has 1 amide bonds. The number of hydrogen-bond acceptors (Lipinski definition) is 4. The molecule has 0 fully saturated rings. The number of benzene rings is 4. The lowest BCUT2D eigenvalue weighted by molar-refractivity contribution is 0.00703. The predicted molar refractivity (Wildman–Crippen MR) is 179 cm³/mol. The summed E-state index contributed by atoms with van der Waals surface area (Å²) in [5, 5.41) is 3.09. The molecule has 0 spiro atoms. The number of nitrogens with one attached hydrogen (secondary N) is 1. The van der Waals surface area contributed by atoms with E-state index < -0.39 is 11.6 Å². The molecule has 4 aromatic carbocycles. The number of ether oxygens (including phenoxy) is 1. The van der Waals surface area contributed by atoms with Crippen LogP contribution in [0.2, 0.25) is 0 Å². The fourth-order valence-corrected chi connectivity index (χ4v) is 5.40. The van der Waals surface area contributed by atoms with E-state index in [9.17, 15) is 9.59 Å². The van der Waals surface area contributed by atoms with Crippen LogP contribution in [0.15, 0.2) is 91.0 Å². The van der Waals surface area contributed by atoms with Crippen molar-refractivity contribution in [1.82, 2.24) is 5.32 Å². The normalized spacial score (nSPS) is 13.2. The van der Waals surface area contributed by atoms with Crippen LogP contribution in [0.4, 0.5) is 10.1 Å². The fourth-order valence-electron chi connectivity index (χ4n) is 5.40. The van der Waals surface area contributed by atoms with Gasteiger partial charge in [0, 0.05) is 31.3 Å². The summed E-state index contributed by atoms with van der Waals surface area (Å²) in [7, 11) is 0. The molecule has 1 aliphatic heterocycles. The predicted octanol–water partition coefficient (Wildman–Crippen LogP) is 9.16. The van der Waals surface area contributed by atoms with Gasteiger partial charge in [0.2, 0.25) is 0 Å². The van der Waals surface area contributed by atoms with E-state index in [1.807, 2.05) is 108 Å². The first-order valence-corrected chi connectivity index (χ1v) is 15.4. The lowest BCUT2D eigenvalue weighted by Crippen LogP contribution is -2.30. The molecule has 44 heavy (non-hydrogen) atoms. The SMILES string of the molecule is CC.C[C@H](NC(=O)c1ccc2c(c1)CCCN2Cc1cc(-c2ccccc2C(=O)OC(C)(C)C)ccc1F)c1ccccc1.[HH]. The van der Waals surface area contributed by atoms with Crippen LogP contribution < -0.4 is 10.2 Å². The van der Waals surface area contributed by atoms with Gasteiger partial charge in [-0.1, -0.05) is 68.4 Å². The second-order valence-corrected chi connectivity index (χ2v) is 11.8. The van der Waals surface area contributed by atoms with Crippen LogP contribution in [0.5, 0.6) is 0 Å². The quantitative estimate of drug-likeness (QED) is 0.216. The van der Waals surface area contributed by atoms with Gasteiger partial charge in [-0.05, 0) is 99.2 Å². The number of carbonyl (C=O) groups excluding carboxylic acids is 2. The topological polar surface area (TPSA) is 58.6 Å². The number of nitrogens with zero attached hydrogens (tertiary/aromatic N) is 1. The van der Waals surface area contributed by atoms with Crippen LogP contribution in [0.1, 0.15) is 92.8 Å². The lowest BCUT2D eigenvalue weighted by Gasteiger charge is -2.32. The van der Waals surface area contributed by atoms with Crippen molar-refractivity contribution in [3.8, 4) is 11.1 Å². The van der Waals surface area contributed by atoms with Crippen molar-refractivity contribution in [3.05, 3.63) is 125 Å². The Morgan fingerprint density at radius 2 is 1.66 bits per heavy atom. The highest BCUT2D eigenvalue weighted by molar-refractivity contribution is 5.97. The highest BCUT2D eigenvalue weighted by Gasteiger charge is 2.23. The van der Waals surface area contributed by atoms with Crippen molar-refractivity contribution < 1.29 is 20.1 Å². The van der Waals surface area contributed by atoms with Gasteiger partial charge < -0.3 is 15.0 Å². The molecule has 0 saturated heterocycles. The van der Waals surface area contributed by atoms with Gasteiger partial charge in [0.15, 0.2) is 0 Å². The fraction of sp³-hybridized carbons (Fsp3) is 0.316. The van der Waals surface area contributed by atoms with Crippen LogP contribution in [-0.4, -0.2) is 24.0 Å². The minimum Gasteiger partial charge on any atom is -0.456 e. The molecule has 6 heteroatoms. The van der Waals surface area contributed by atoms with Gasteiger partial charge in [0.05, 0.1) is 11.6 Å². The first kappa shape index (κ1) is 32.5. The molecule has 0 unspecified atom stereocenters. The number of hydrogen-bond donors (Lipinski definition) is 1. The zero-order chi connectivity index (χ0) is 31.9. The van der Waals surface area contributed by atoms with Crippen molar-refractivity contribution in [2.75, 3.05) is 11.4 Å². The number of carbonyl (C=O) groups is 2. The van der Waals surface area contributed by atoms with Gasteiger partial charge in [-0.3, -0.25) is 4.79 Å². The number of amides is 1. The van der Waals surface area contributed by atoms with Crippen molar-refractivity contribution >= 4 is 17.6 Å². The minimum atomic E-state index is -0.625. The molecule has 232 valence electrons. The summed E-state index contributed by atoms with van der Waals surface area (Å²) in [6.07, 6.45) is 1.76. The number of esters is 1. The van der Waals surface area contributed by atoms with Gasteiger partial charge in [-0.2, -0.15) is 0 Å². The van der Waals surface area contributed by atoms with Gasteiger partial charge in [-0.25, -0.2) is 9.18 Å². The van der Waals surface area contributed by atoms with E-state index >= 15 is 4.39 Å². The summed E-state index contributed by atoms with van der Waals surface area (Å²) in [5.74, 6) is -0.827. The van der Waals surface area contributed by atoms with Gasteiger partial charge >= 0.3 is 5.97 Å². The maximum absolute atomic E-state index is 15.2. The number of halogens is 1. The van der Waals surface area contributed by atoms with E-state index in [4.69, 9.17) is 4.74 Å². The van der Waals surface area contributed by atoms with Crippen molar-refractivity contribution in [1.29, 1.82) is 0 Å². The summed E-state index contributed by atoms with van der Waals surface area (Å²) < 4.78 is 20.8. The maximum Gasteiger partial charge on any atom is 0.339 e. The van der Waals surface area contributed by atoms with Gasteiger partial charge in [0.25, 0.3) is 5.91 Å². The first-order chi connectivity index (χ1) is 21.1. The van der Waals surface area contributed by atoms with Crippen molar-refractivity contribution in [2.45, 2.75) is 72.6 Å². The molecule has 0 aliphatic carbocycles. The van der Waals surface area contributed by atoms with Crippen molar-refractivity contribution in [3.63, 3.8) is 0 Å². The zero-order valence-corrected chi connectivity index (χ0v) is 26.6. The molecule has 1 aliphatic rings. The van der Waals surface area contributed by atoms with Crippen molar-refractivity contribution in [2.24, 2.45) is 0 Å². The average Bonchev–Trinajstić information content (AvgIpc) is 3.02. The van der Waals surface area contributed by atoms with Crippen LogP contribution in [0, 0.1) is 5.82 Å². The smallest absolute Gasteiger partial charge is 0.339 e. The third-order valence-electron chi connectivity index (χ3n) is 7.47. The number of anilines is 1. The van der Waals surface area contributed by atoms with E-state index in [-0.39, 0.29) is 19.2 Å². The summed E-state index contributed by atoms with van der Waals surface area (Å²) in [5.41, 5.74) is 5.57. The molecule has 1 N–H and O–H groups in total. The Kier molecular flexibility index (Phi) is 10.6. The maximum atomic E-state index is 15.2. The second-order valence-electron chi connectivity index (χ2n) is 11.8. The van der Waals surface area contributed by atoms with Crippen LogP contribution in [0.25, 0.3) is 11.1 Å². The standard InChI is InChI=1S/C36H37FN2O3.C2H6.H2/c1-24(25-11-6-5-7-12-25)38-34(40)28-17-19-33-27(22-28)13-10-20-39(33)23-29-21-26(16-18-32(29)37)30-14-8-9-15-31(30)35(41)42-36(2,3)4;1-2;/h5-9,11-12,14-19,21-22,24H,10,13,20,23H2,1-4H3,(H,38,40);1-2H3;1H/t24-;;/m0../s1. The Bertz CT molecular complexity index is 1600. The third-order valence-corrected chi connectivity index (χ3v) is 7.47. The molecule has 1 atom stereocenters. The van der Waals surface area contributed by atoms with E-state index in [1.54, 1.807) is 18.2 Å². The van der Waals surface area contributed by atoms with E-state index in [2.05, 4.69) is 10.2 Å². The highest BCUT2D eigenvalue weighted by Crippen LogP contribution is 2.32. The number of aryl methyl sites for hydroxylation is 1. The van der Waals surface area contributed by atoms with E-state index in [0.29, 0.717) is 28.8 Å². The second kappa shape index (κ2) is 14.3. The van der Waals surface area contributed by atoms with Crippen LogP contribution in [-0.2, 0) is 17.7 Å². The summed E-state index contributed by atoms with van der Waals surface area (Å²) in [6, 6.07) is 27.8. The Balaban J connectivity index is 0.00000180. The molecule has 0 saturated carbocycles. The Labute approximate surface area is 262 Å². The zero-order valence-electron chi connectivity index (χ0n) is 26.6. The molecule has 0 bridgehead atoms. The molecule has 1 heterocycles. The Hall–Kier alpha value is -4.45. The van der Waals surface area contributed by atoms with Gasteiger partial charge in [0.1, 0.15) is 11.4 Å². The van der Waals surface area contributed by atoms with E-state index in [0.717, 1.165) is 41.8 Å². The number of fused-ring (bicyclic) bond motifs is 1. The van der Waals surface area contributed by atoms with E-state index in [1.165, 1.54) is 6.07 Å². The molecule has 5 nitrogen and oxygen atoms in total. The molecular weight excluding hydrogens is 551 g/mol. The van der Waals surface area contributed by atoms with Crippen LogP contribution >= 0.6 is 0 Å². The third kappa shape index (κ3) is 7.93. The molecule has 4 aromatic rings. The molecule has 0 aromatic heterocycles. The minimum absolute atomic E-state index is 0. The largest absolute Gasteiger partial charge is 0.456 e. The Morgan fingerprint density at radius 3 is 2.39 bits per heavy atom. The average molecular weight is 597 g/mol.